The zero-order chi connectivity index (χ0) is 14.3. The molecule has 2 aromatic rings. The van der Waals surface area contributed by atoms with E-state index < -0.39 is 5.97 Å². The molecule has 0 radical (unpaired) electrons. The number of imidazole rings is 1. The van der Waals surface area contributed by atoms with Crippen LogP contribution in [0.3, 0.4) is 0 Å². The number of carboxylic acids is 1. The molecule has 0 unspecified atom stereocenters. The predicted molar refractivity (Wildman–Crippen MR) is 78.1 cm³/mol. The number of rotatable bonds is 4. The Kier molecular flexibility index (Phi) is 3.41. The monoisotopic (exact) mass is 291 g/mol. The molecule has 1 fully saturated rings. The van der Waals surface area contributed by atoms with E-state index >= 15 is 0 Å². The van der Waals surface area contributed by atoms with Gasteiger partial charge in [-0.25, -0.2) is 9.97 Å². The van der Waals surface area contributed by atoms with Gasteiger partial charge in [0.15, 0.2) is 10.8 Å². The molecule has 3 rings (SSSR count). The molecular weight excluding hydrogens is 274 g/mol. The van der Waals surface area contributed by atoms with E-state index in [9.17, 15) is 4.79 Å². The molecule has 6 heteroatoms. The maximum absolute atomic E-state index is 10.8. The number of carbonyl (C=O) groups is 1. The van der Waals surface area contributed by atoms with Crippen molar-refractivity contribution in [3.63, 3.8) is 0 Å². The highest BCUT2D eigenvalue weighted by molar-refractivity contribution is 7.99. The molecule has 1 aliphatic rings. The van der Waals surface area contributed by atoms with Gasteiger partial charge in [-0.1, -0.05) is 18.7 Å². The van der Waals surface area contributed by atoms with Gasteiger partial charge in [0.1, 0.15) is 5.52 Å². The van der Waals surface area contributed by atoms with E-state index in [-0.39, 0.29) is 5.75 Å². The normalized spacial score (nSPS) is 21.9. The van der Waals surface area contributed by atoms with Gasteiger partial charge in [0, 0.05) is 12.2 Å². The van der Waals surface area contributed by atoms with E-state index in [4.69, 9.17) is 5.11 Å². The van der Waals surface area contributed by atoms with Crippen LogP contribution in [-0.4, -0.2) is 31.4 Å². The van der Waals surface area contributed by atoms with Gasteiger partial charge in [-0.05, 0) is 37.3 Å². The molecule has 5 nitrogen and oxygen atoms in total. The molecule has 0 spiro atoms. The van der Waals surface area contributed by atoms with Gasteiger partial charge in [-0.3, -0.25) is 4.79 Å². The number of nitrogens with zero attached hydrogens (tertiary/aromatic N) is 3. The molecule has 1 N–H and O–H groups in total. The number of pyridine rings is 1. The lowest BCUT2D eigenvalue weighted by molar-refractivity contribution is -0.133. The lowest BCUT2D eigenvalue weighted by atomic mass is 9.82. The Labute approximate surface area is 121 Å². The number of aryl methyl sites for hydroxylation is 1. The Morgan fingerprint density at radius 1 is 1.55 bits per heavy atom. The fourth-order valence-electron chi connectivity index (χ4n) is 2.69. The zero-order valence-corrected chi connectivity index (χ0v) is 12.4. The first-order chi connectivity index (χ1) is 9.54. The number of fused-ring (bicyclic) bond motifs is 1. The number of aliphatic carboxylic acids is 1. The van der Waals surface area contributed by atoms with Crippen molar-refractivity contribution in [3.8, 4) is 0 Å². The SMILES string of the molecule is Cc1cnc2c(c1)nc(SCC(=O)O)n2C1CC(C)C1. The molecule has 2 aromatic heterocycles. The number of carboxylic acid groups (broad SMARTS) is 1. The highest BCUT2D eigenvalue weighted by Gasteiger charge is 2.30. The molecule has 0 bridgehead atoms. The van der Waals surface area contributed by atoms with E-state index in [0.717, 1.165) is 40.6 Å². The Morgan fingerprint density at radius 2 is 2.30 bits per heavy atom. The molecule has 0 atom stereocenters. The maximum atomic E-state index is 10.8. The lowest BCUT2D eigenvalue weighted by Crippen LogP contribution is -2.25. The number of thioether (sulfide) groups is 1. The molecule has 0 aromatic carbocycles. The van der Waals surface area contributed by atoms with Gasteiger partial charge in [0.25, 0.3) is 0 Å². The van der Waals surface area contributed by atoms with Crippen LogP contribution >= 0.6 is 11.8 Å². The molecule has 0 aliphatic heterocycles. The molecule has 106 valence electrons. The summed E-state index contributed by atoms with van der Waals surface area (Å²) >= 11 is 1.28. The Morgan fingerprint density at radius 3 is 2.95 bits per heavy atom. The number of aromatic nitrogens is 3. The summed E-state index contributed by atoms with van der Waals surface area (Å²) in [7, 11) is 0. The summed E-state index contributed by atoms with van der Waals surface area (Å²) in [6, 6.07) is 2.41. The average Bonchev–Trinajstić information content (AvgIpc) is 2.69. The summed E-state index contributed by atoms with van der Waals surface area (Å²) in [4.78, 5) is 19.9. The van der Waals surface area contributed by atoms with E-state index in [1.165, 1.54) is 11.8 Å². The van der Waals surface area contributed by atoms with Crippen molar-refractivity contribution in [3.05, 3.63) is 17.8 Å². The summed E-state index contributed by atoms with van der Waals surface area (Å²) in [5, 5.41) is 9.64. The minimum atomic E-state index is -0.820. The van der Waals surface area contributed by atoms with Gasteiger partial charge < -0.3 is 9.67 Å². The van der Waals surface area contributed by atoms with Crippen molar-refractivity contribution < 1.29 is 9.90 Å². The third kappa shape index (κ3) is 2.40. The average molecular weight is 291 g/mol. The van der Waals surface area contributed by atoms with Gasteiger partial charge in [0.2, 0.25) is 0 Å². The van der Waals surface area contributed by atoms with Crippen LogP contribution in [0.15, 0.2) is 17.4 Å². The zero-order valence-electron chi connectivity index (χ0n) is 11.5. The summed E-state index contributed by atoms with van der Waals surface area (Å²) in [6.07, 6.45) is 4.07. The number of hydrogen-bond donors (Lipinski definition) is 1. The predicted octanol–water partition coefficient (Wildman–Crippen LogP) is 2.89. The minimum absolute atomic E-state index is 0.0323. The summed E-state index contributed by atoms with van der Waals surface area (Å²) in [5.74, 6) is -0.0650. The molecule has 20 heavy (non-hydrogen) atoms. The minimum Gasteiger partial charge on any atom is -0.481 e. The fraction of sp³-hybridized carbons (Fsp3) is 0.500. The lowest BCUT2D eigenvalue weighted by Gasteiger charge is -2.34. The number of hydrogen-bond acceptors (Lipinski definition) is 4. The third-order valence-corrected chi connectivity index (χ3v) is 4.61. The van der Waals surface area contributed by atoms with Crippen LogP contribution in [0.25, 0.3) is 11.2 Å². The molecule has 1 aliphatic carbocycles. The van der Waals surface area contributed by atoms with Crippen molar-refractivity contribution in [1.29, 1.82) is 0 Å². The molecule has 1 saturated carbocycles. The highest BCUT2D eigenvalue weighted by atomic mass is 32.2. The van der Waals surface area contributed by atoms with Crippen molar-refractivity contribution in [2.24, 2.45) is 5.92 Å². The van der Waals surface area contributed by atoms with Gasteiger partial charge in [-0.2, -0.15) is 0 Å². The first-order valence-electron chi connectivity index (χ1n) is 6.73. The quantitative estimate of drug-likeness (QED) is 0.877. The smallest absolute Gasteiger partial charge is 0.313 e. The van der Waals surface area contributed by atoms with Gasteiger partial charge >= 0.3 is 5.97 Å². The second kappa shape index (κ2) is 5.09. The van der Waals surface area contributed by atoms with Crippen LogP contribution in [0.1, 0.15) is 31.4 Å². The van der Waals surface area contributed by atoms with Gasteiger partial charge in [0.05, 0.1) is 5.75 Å². The standard InChI is InChI=1S/C14H17N3O2S/c1-8-3-10(4-8)17-13-11(5-9(2)6-15-13)16-14(17)20-7-12(18)19/h5-6,8,10H,3-4,7H2,1-2H3,(H,18,19). The highest BCUT2D eigenvalue weighted by Crippen LogP contribution is 2.41. The largest absolute Gasteiger partial charge is 0.481 e. The van der Waals surface area contributed by atoms with Crippen molar-refractivity contribution in [2.75, 3.05) is 5.75 Å². The molecular formula is C14H17N3O2S. The van der Waals surface area contributed by atoms with E-state index in [1.807, 2.05) is 19.2 Å². The summed E-state index contributed by atoms with van der Waals surface area (Å²) < 4.78 is 2.13. The van der Waals surface area contributed by atoms with Crippen molar-refractivity contribution in [2.45, 2.75) is 37.9 Å². The van der Waals surface area contributed by atoms with Crippen molar-refractivity contribution >= 4 is 28.9 Å². The van der Waals surface area contributed by atoms with Crippen LogP contribution < -0.4 is 0 Å². The van der Waals surface area contributed by atoms with Gasteiger partial charge in [-0.15, -0.1) is 0 Å². The molecule has 2 heterocycles. The molecule has 0 amide bonds. The second-order valence-corrected chi connectivity index (χ2v) is 6.48. The molecule has 0 saturated heterocycles. The van der Waals surface area contributed by atoms with Crippen molar-refractivity contribution in [1.82, 2.24) is 14.5 Å². The fourth-order valence-corrected chi connectivity index (χ4v) is 3.48. The van der Waals surface area contributed by atoms with E-state index in [0.29, 0.717) is 6.04 Å². The van der Waals surface area contributed by atoms with Crippen LogP contribution in [0, 0.1) is 12.8 Å². The second-order valence-electron chi connectivity index (χ2n) is 5.53. The topological polar surface area (TPSA) is 68.0 Å². The van der Waals surface area contributed by atoms with Crippen LogP contribution in [0.4, 0.5) is 0 Å². The Balaban J connectivity index is 2.02. The van der Waals surface area contributed by atoms with E-state index in [2.05, 4.69) is 21.5 Å². The van der Waals surface area contributed by atoms with Crippen LogP contribution in [0.5, 0.6) is 0 Å². The Bertz CT molecular complexity index is 662. The summed E-state index contributed by atoms with van der Waals surface area (Å²) in [6.45, 7) is 4.22. The van der Waals surface area contributed by atoms with Crippen LogP contribution in [0.2, 0.25) is 0 Å². The Hall–Kier alpha value is -1.56. The van der Waals surface area contributed by atoms with E-state index in [1.54, 1.807) is 0 Å². The van der Waals surface area contributed by atoms with Crippen LogP contribution in [-0.2, 0) is 4.79 Å². The first-order valence-corrected chi connectivity index (χ1v) is 7.72. The first kappa shape index (κ1) is 13.4. The summed E-state index contributed by atoms with van der Waals surface area (Å²) in [5.41, 5.74) is 2.80. The maximum Gasteiger partial charge on any atom is 0.313 e. The third-order valence-electron chi connectivity index (χ3n) is 3.67.